The van der Waals surface area contributed by atoms with Crippen molar-refractivity contribution in [1.82, 2.24) is 5.32 Å². The summed E-state index contributed by atoms with van der Waals surface area (Å²) < 4.78 is 0.720. The zero-order valence-electron chi connectivity index (χ0n) is 9.90. The molecular formula is C12H17IN2O2. The Morgan fingerprint density at radius 2 is 2.18 bits per heavy atom. The van der Waals surface area contributed by atoms with Crippen LogP contribution in [0.25, 0.3) is 0 Å². The SMILES string of the molecule is CC(C)C(N)CNC(=O)c1ccc(I)c(O)c1. The maximum Gasteiger partial charge on any atom is 0.251 e. The largest absolute Gasteiger partial charge is 0.507 e. The lowest BCUT2D eigenvalue weighted by atomic mass is 10.1. The Morgan fingerprint density at radius 1 is 1.53 bits per heavy atom. The van der Waals surface area contributed by atoms with Crippen LogP contribution in [0.1, 0.15) is 24.2 Å². The van der Waals surface area contributed by atoms with Crippen molar-refractivity contribution in [2.24, 2.45) is 11.7 Å². The summed E-state index contributed by atoms with van der Waals surface area (Å²) in [6.45, 7) is 4.45. The molecule has 0 aliphatic heterocycles. The number of halogens is 1. The van der Waals surface area contributed by atoms with E-state index in [2.05, 4.69) is 5.32 Å². The van der Waals surface area contributed by atoms with E-state index in [9.17, 15) is 9.90 Å². The molecule has 0 saturated carbocycles. The van der Waals surface area contributed by atoms with Crippen molar-refractivity contribution in [3.63, 3.8) is 0 Å². The highest BCUT2D eigenvalue weighted by molar-refractivity contribution is 14.1. The van der Waals surface area contributed by atoms with E-state index in [0.29, 0.717) is 18.0 Å². The Morgan fingerprint density at radius 3 is 2.71 bits per heavy atom. The number of nitrogens with two attached hydrogens (primary N) is 1. The first kappa shape index (κ1) is 14.2. The summed E-state index contributed by atoms with van der Waals surface area (Å²) in [6.07, 6.45) is 0. The summed E-state index contributed by atoms with van der Waals surface area (Å²) in [5.74, 6) is 0.222. The molecule has 0 heterocycles. The molecule has 5 heteroatoms. The van der Waals surface area contributed by atoms with Crippen LogP contribution in [0.4, 0.5) is 0 Å². The first-order valence-corrected chi connectivity index (χ1v) is 6.52. The number of amides is 1. The molecule has 1 aromatic rings. The molecule has 0 aliphatic rings. The van der Waals surface area contributed by atoms with Gasteiger partial charge in [0, 0.05) is 18.2 Å². The highest BCUT2D eigenvalue weighted by Crippen LogP contribution is 2.20. The topological polar surface area (TPSA) is 75.3 Å². The molecule has 1 aromatic carbocycles. The molecule has 4 nitrogen and oxygen atoms in total. The van der Waals surface area contributed by atoms with Gasteiger partial charge in [0.05, 0.1) is 3.57 Å². The number of hydrogen-bond acceptors (Lipinski definition) is 3. The molecule has 0 spiro atoms. The summed E-state index contributed by atoms with van der Waals surface area (Å²) >= 11 is 2.00. The lowest BCUT2D eigenvalue weighted by Gasteiger charge is -2.16. The Kier molecular flexibility index (Phi) is 5.20. The fourth-order valence-corrected chi connectivity index (χ4v) is 1.54. The molecule has 17 heavy (non-hydrogen) atoms. The van der Waals surface area contributed by atoms with Crippen molar-refractivity contribution in [1.29, 1.82) is 0 Å². The van der Waals surface area contributed by atoms with E-state index < -0.39 is 0 Å². The van der Waals surface area contributed by atoms with E-state index in [0.717, 1.165) is 3.57 Å². The van der Waals surface area contributed by atoms with Gasteiger partial charge < -0.3 is 16.2 Å². The van der Waals surface area contributed by atoms with Gasteiger partial charge in [-0.05, 0) is 46.7 Å². The zero-order chi connectivity index (χ0) is 13.0. The summed E-state index contributed by atoms with van der Waals surface area (Å²) in [5.41, 5.74) is 6.27. The molecule has 1 amide bonds. The molecule has 0 aromatic heterocycles. The molecule has 94 valence electrons. The van der Waals surface area contributed by atoms with Crippen LogP contribution < -0.4 is 11.1 Å². The number of nitrogens with one attached hydrogen (secondary N) is 1. The highest BCUT2D eigenvalue weighted by atomic mass is 127. The van der Waals surface area contributed by atoms with E-state index in [1.807, 2.05) is 36.4 Å². The minimum Gasteiger partial charge on any atom is -0.507 e. The van der Waals surface area contributed by atoms with E-state index in [1.54, 1.807) is 12.1 Å². The number of phenols is 1. The molecule has 0 bridgehead atoms. The van der Waals surface area contributed by atoms with Crippen LogP contribution in [0.15, 0.2) is 18.2 Å². The molecule has 1 unspecified atom stereocenters. The van der Waals surface area contributed by atoms with Crippen molar-refractivity contribution in [2.75, 3.05) is 6.54 Å². The van der Waals surface area contributed by atoms with Crippen LogP contribution in [-0.4, -0.2) is 23.6 Å². The lowest BCUT2D eigenvalue weighted by Crippen LogP contribution is -2.40. The first-order valence-electron chi connectivity index (χ1n) is 5.44. The fourth-order valence-electron chi connectivity index (χ4n) is 1.20. The molecule has 0 fully saturated rings. The summed E-state index contributed by atoms with van der Waals surface area (Å²) in [6, 6.07) is 4.78. The average molecular weight is 348 g/mol. The van der Waals surface area contributed by atoms with Crippen molar-refractivity contribution in [2.45, 2.75) is 19.9 Å². The van der Waals surface area contributed by atoms with Crippen LogP contribution in [0.3, 0.4) is 0 Å². The third kappa shape index (κ3) is 4.16. The number of carbonyl (C=O) groups is 1. The second-order valence-corrected chi connectivity index (χ2v) is 5.45. The summed E-state index contributed by atoms with van der Waals surface area (Å²) in [4.78, 5) is 11.8. The molecule has 0 aliphatic carbocycles. The van der Waals surface area contributed by atoms with Gasteiger partial charge in [-0.1, -0.05) is 13.8 Å². The van der Waals surface area contributed by atoms with Crippen LogP contribution in [0.2, 0.25) is 0 Å². The van der Waals surface area contributed by atoms with Gasteiger partial charge in [0.25, 0.3) is 5.91 Å². The van der Waals surface area contributed by atoms with Crippen LogP contribution in [-0.2, 0) is 0 Å². The summed E-state index contributed by atoms with van der Waals surface area (Å²) in [7, 11) is 0. The lowest BCUT2D eigenvalue weighted by molar-refractivity contribution is 0.0949. The predicted octanol–water partition coefficient (Wildman–Crippen LogP) is 1.71. The van der Waals surface area contributed by atoms with E-state index in [4.69, 9.17) is 5.73 Å². The highest BCUT2D eigenvalue weighted by Gasteiger charge is 2.11. The molecular weight excluding hydrogens is 331 g/mol. The number of benzene rings is 1. The second kappa shape index (κ2) is 6.20. The predicted molar refractivity (Wildman–Crippen MR) is 76.0 cm³/mol. The van der Waals surface area contributed by atoms with Crippen molar-refractivity contribution in [3.05, 3.63) is 27.3 Å². The maximum absolute atomic E-state index is 11.8. The summed E-state index contributed by atoms with van der Waals surface area (Å²) in [5, 5.41) is 12.3. The quantitative estimate of drug-likeness (QED) is 0.725. The van der Waals surface area contributed by atoms with Gasteiger partial charge in [0.15, 0.2) is 0 Å². The Balaban J connectivity index is 2.61. The van der Waals surface area contributed by atoms with E-state index in [-0.39, 0.29) is 17.7 Å². The number of aromatic hydroxyl groups is 1. The number of phenolic OH excluding ortho intramolecular Hbond substituents is 1. The van der Waals surface area contributed by atoms with Gasteiger partial charge in [0.1, 0.15) is 5.75 Å². The molecule has 0 radical (unpaired) electrons. The average Bonchev–Trinajstić information content (AvgIpc) is 2.28. The van der Waals surface area contributed by atoms with Gasteiger partial charge in [-0.3, -0.25) is 4.79 Å². The van der Waals surface area contributed by atoms with Gasteiger partial charge in [0.2, 0.25) is 0 Å². The molecule has 4 N–H and O–H groups in total. The molecule has 0 saturated heterocycles. The maximum atomic E-state index is 11.8. The van der Waals surface area contributed by atoms with E-state index >= 15 is 0 Å². The monoisotopic (exact) mass is 348 g/mol. The Bertz CT molecular complexity index is 407. The Labute approximate surface area is 115 Å². The van der Waals surface area contributed by atoms with Gasteiger partial charge in [-0.25, -0.2) is 0 Å². The van der Waals surface area contributed by atoms with Gasteiger partial charge >= 0.3 is 0 Å². The normalized spacial score (nSPS) is 12.5. The van der Waals surface area contributed by atoms with Gasteiger partial charge in [-0.15, -0.1) is 0 Å². The van der Waals surface area contributed by atoms with Crippen molar-refractivity contribution < 1.29 is 9.90 Å². The fraction of sp³-hybridized carbons (Fsp3) is 0.417. The smallest absolute Gasteiger partial charge is 0.251 e. The third-order valence-electron chi connectivity index (χ3n) is 2.56. The molecule has 1 atom stereocenters. The van der Waals surface area contributed by atoms with Crippen molar-refractivity contribution >= 4 is 28.5 Å². The van der Waals surface area contributed by atoms with Crippen molar-refractivity contribution in [3.8, 4) is 5.75 Å². The number of hydrogen-bond donors (Lipinski definition) is 3. The minimum absolute atomic E-state index is 0.0589. The molecule has 1 rings (SSSR count). The standard InChI is InChI=1S/C12H17IN2O2/c1-7(2)10(14)6-15-12(17)8-3-4-9(13)11(16)5-8/h3-5,7,10,16H,6,14H2,1-2H3,(H,15,17). The number of rotatable bonds is 4. The van der Waals surface area contributed by atoms with Gasteiger partial charge in [-0.2, -0.15) is 0 Å². The third-order valence-corrected chi connectivity index (χ3v) is 3.48. The van der Waals surface area contributed by atoms with Crippen LogP contribution >= 0.6 is 22.6 Å². The van der Waals surface area contributed by atoms with Crippen LogP contribution in [0.5, 0.6) is 5.75 Å². The first-order chi connectivity index (χ1) is 7.91. The second-order valence-electron chi connectivity index (χ2n) is 4.28. The van der Waals surface area contributed by atoms with Crippen LogP contribution in [0, 0.1) is 9.49 Å². The Hall–Kier alpha value is -0.820. The minimum atomic E-state index is -0.215. The zero-order valence-corrected chi connectivity index (χ0v) is 12.1. The number of carbonyl (C=O) groups excluding carboxylic acids is 1. The van der Waals surface area contributed by atoms with E-state index in [1.165, 1.54) is 6.07 Å².